The first-order chi connectivity index (χ1) is 12.1. The Morgan fingerprint density at radius 2 is 2.04 bits per heavy atom. The fourth-order valence-electron chi connectivity index (χ4n) is 2.30. The van der Waals surface area contributed by atoms with Crippen molar-refractivity contribution in [2.24, 2.45) is 0 Å². The molecule has 0 fully saturated rings. The van der Waals surface area contributed by atoms with E-state index in [1.807, 2.05) is 36.6 Å². The molecular weight excluding hydrogens is 354 g/mol. The van der Waals surface area contributed by atoms with E-state index in [0.717, 1.165) is 23.6 Å². The van der Waals surface area contributed by atoms with Gasteiger partial charge in [0.25, 0.3) is 0 Å². The Balaban J connectivity index is 1.75. The molecule has 2 aromatic heterocycles. The molecule has 1 aromatic carbocycles. The van der Waals surface area contributed by atoms with Gasteiger partial charge in [0.05, 0.1) is 11.4 Å². The van der Waals surface area contributed by atoms with E-state index in [0.29, 0.717) is 16.0 Å². The second kappa shape index (κ2) is 7.79. The predicted molar refractivity (Wildman–Crippen MR) is 101 cm³/mol. The number of anilines is 2. The quantitative estimate of drug-likeness (QED) is 0.658. The SMILES string of the molecule is CCc1ccc(N(C(C)=O)c2nc(CSc3n[nH]c(C)n3)cs2)cc1. The van der Waals surface area contributed by atoms with Crippen LogP contribution >= 0.6 is 23.1 Å². The topological polar surface area (TPSA) is 74.8 Å². The Bertz CT molecular complexity index is 856. The number of carbonyl (C=O) groups excluding carboxylic acids is 1. The first-order valence-electron chi connectivity index (χ1n) is 7.92. The summed E-state index contributed by atoms with van der Waals surface area (Å²) in [5.41, 5.74) is 2.98. The maximum absolute atomic E-state index is 12.2. The van der Waals surface area contributed by atoms with Gasteiger partial charge in [-0.1, -0.05) is 30.8 Å². The Kier molecular flexibility index (Phi) is 5.50. The number of hydrogen-bond acceptors (Lipinski definition) is 6. The number of hydrogen-bond donors (Lipinski definition) is 1. The highest BCUT2D eigenvalue weighted by atomic mass is 32.2. The van der Waals surface area contributed by atoms with E-state index in [2.05, 4.69) is 27.1 Å². The number of H-pyrrole nitrogens is 1. The minimum atomic E-state index is -0.0533. The summed E-state index contributed by atoms with van der Waals surface area (Å²) in [5.74, 6) is 1.40. The van der Waals surface area contributed by atoms with Crippen molar-refractivity contribution in [1.82, 2.24) is 20.2 Å². The van der Waals surface area contributed by atoms with Crippen molar-refractivity contribution in [3.8, 4) is 0 Å². The van der Waals surface area contributed by atoms with Crippen molar-refractivity contribution in [1.29, 1.82) is 0 Å². The average molecular weight is 374 g/mol. The molecule has 0 aliphatic carbocycles. The van der Waals surface area contributed by atoms with E-state index < -0.39 is 0 Å². The summed E-state index contributed by atoms with van der Waals surface area (Å²) in [7, 11) is 0. The van der Waals surface area contributed by atoms with Crippen molar-refractivity contribution in [2.75, 3.05) is 4.90 Å². The van der Waals surface area contributed by atoms with E-state index in [1.54, 1.807) is 11.8 Å². The predicted octanol–water partition coefficient (Wildman–Crippen LogP) is 4.11. The molecule has 0 aliphatic heterocycles. The van der Waals surface area contributed by atoms with Gasteiger partial charge in [-0.15, -0.1) is 16.4 Å². The molecular formula is C17H19N5OS2. The number of amides is 1. The summed E-state index contributed by atoms with van der Waals surface area (Å²) in [4.78, 5) is 22.7. The van der Waals surface area contributed by atoms with Crippen LogP contribution in [-0.2, 0) is 17.0 Å². The number of aromatic nitrogens is 4. The number of nitrogens with one attached hydrogen (secondary N) is 1. The highest BCUT2D eigenvalue weighted by Gasteiger charge is 2.18. The minimum Gasteiger partial charge on any atom is -0.274 e. The molecule has 2 heterocycles. The molecule has 0 aliphatic rings. The zero-order chi connectivity index (χ0) is 17.8. The fraction of sp³-hybridized carbons (Fsp3) is 0.294. The highest BCUT2D eigenvalue weighted by molar-refractivity contribution is 7.98. The first kappa shape index (κ1) is 17.6. The average Bonchev–Trinajstić information content (AvgIpc) is 3.22. The molecule has 0 bridgehead atoms. The lowest BCUT2D eigenvalue weighted by atomic mass is 10.1. The van der Waals surface area contributed by atoms with Crippen molar-refractivity contribution in [3.05, 3.63) is 46.7 Å². The summed E-state index contributed by atoms with van der Waals surface area (Å²) in [6.07, 6.45) is 0.972. The van der Waals surface area contributed by atoms with Gasteiger partial charge in [-0.2, -0.15) is 0 Å². The smallest absolute Gasteiger partial charge is 0.230 e. The van der Waals surface area contributed by atoms with E-state index in [-0.39, 0.29) is 5.91 Å². The number of aryl methyl sites for hydroxylation is 2. The van der Waals surface area contributed by atoms with Gasteiger partial charge in [-0.3, -0.25) is 14.8 Å². The van der Waals surface area contributed by atoms with Crippen molar-refractivity contribution >= 4 is 39.8 Å². The molecule has 1 amide bonds. The number of thiazole rings is 1. The van der Waals surface area contributed by atoms with Crippen LogP contribution in [0.4, 0.5) is 10.8 Å². The monoisotopic (exact) mass is 373 g/mol. The molecule has 0 saturated heterocycles. The number of nitrogens with zero attached hydrogens (tertiary/aromatic N) is 4. The van der Waals surface area contributed by atoms with Gasteiger partial charge in [0, 0.05) is 18.1 Å². The molecule has 3 rings (SSSR count). The molecule has 25 heavy (non-hydrogen) atoms. The molecule has 130 valence electrons. The minimum absolute atomic E-state index is 0.0533. The standard InChI is InChI=1S/C17H19N5OS2/c1-4-13-5-7-15(8-6-13)22(12(3)23)17-19-14(10-25-17)9-24-16-18-11(2)20-21-16/h5-8,10H,4,9H2,1-3H3,(H,18,20,21). The maximum Gasteiger partial charge on any atom is 0.230 e. The van der Waals surface area contributed by atoms with Crippen LogP contribution in [0.3, 0.4) is 0 Å². The number of rotatable bonds is 6. The highest BCUT2D eigenvalue weighted by Crippen LogP contribution is 2.30. The van der Waals surface area contributed by atoms with Gasteiger partial charge in [-0.25, -0.2) is 9.97 Å². The van der Waals surface area contributed by atoms with Crippen LogP contribution < -0.4 is 4.90 Å². The van der Waals surface area contributed by atoms with Gasteiger partial charge < -0.3 is 0 Å². The van der Waals surface area contributed by atoms with Crippen LogP contribution in [0.5, 0.6) is 0 Å². The molecule has 0 saturated carbocycles. The summed E-state index contributed by atoms with van der Waals surface area (Å²) >= 11 is 2.98. The van der Waals surface area contributed by atoms with Crippen molar-refractivity contribution in [3.63, 3.8) is 0 Å². The number of carbonyl (C=O) groups is 1. The van der Waals surface area contributed by atoms with Crippen molar-refractivity contribution in [2.45, 2.75) is 38.1 Å². The van der Waals surface area contributed by atoms with Gasteiger partial charge in [-0.05, 0) is 31.0 Å². The van der Waals surface area contributed by atoms with Crippen LogP contribution in [0.25, 0.3) is 0 Å². The second-order valence-electron chi connectivity index (χ2n) is 5.49. The Hall–Kier alpha value is -2.19. The molecule has 0 radical (unpaired) electrons. The van der Waals surface area contributed by atoms with E-state index in [9.17, 15) is 4.79 Å². The number of benzene rings is 1. The Labute approximate surface area is 154 Å². The van der Waals surface area contributed by atoms with Gasteiger partial charge >= 0.3 is 0 Å². The first-order valence-corrected chi connectivity index (χ1v) is 9.79. The maximum atomic E-state index is 12.2. The summed E-state index contributed by atoms with van der Waals surface area (Å²) in [6.45, 7) is 5.53. The number of thioether (sulfide) groups is 1. The van der Waals surface area contributed by atoms with Crippen molar-refractivity contribution < 1.29 is 4.79 Å². The third-order valence-corrected chi connectivity index (χ3v) is 5.33. The van der Waals surface area contributed by atoms with Gasteiger partial charge in [0.2, 0.25) is 11.1 Å². The fourth-order valence-corrected chi connectivity index (χ4v) is 4.03. The summed E-state index contributed by atoms with van der Waals surface area (Å²) in [5, 5.41) is 10.3. The Morgan fingerprint density at radius 1 is 1.28 bits per heavy atom. The third kappa shape index (κ3) is 4.26. The Morgan fingerprint density at radius 3 is 2.64 bits per heavy atom. The van der Waals surface area contributed by atoms with Crippen LogP contribution in [0.1, 0.15) is 30.9 Å². The van der Waals surface area contributed by atoms with Crippen LogP contribution in [-0.4, -0.2) is 26.1 Å². The molecule has 3 aromatic rings. The van der Waals surface area contributed by atoms with Crippen LogP contribution in [0.2, 0.25) is 0 Å². The molecule has 0 atom stereocenters. The van der Waals surface area contributed by atoms with Crippen LogP contribution in [0, 0.1) is 6.92 Å². The zero-order valence-electron chi connectivity index (χ0n) is 14.3. The third-order valence-electron chi connectivity index (χ3n) is 3.57. The molecule has 0 unspecified atom stereocenters. The second-order valence-corrected chi connectivity index (χ2v) is 7.27. The molecule has 1 N–H and O–H groups in total. The molecule has 0 spiro atoms. The zero-order valence-corrected chi connectivity index (χ0v) is 15.9. The summed E-state index contributed by atoms with van der Waals surface area (Å²) in [6, 6.07) is 8.02. The largest absolute Gasteiger partial charge is 0.274 e. The lowest BCUT2D eigenvalue weighted by molar-refractivity contribution is -0.115. The lowest BCUT2D eigenvalue weighted by Crippen LogP contribution is -2.22. The van der Waals surface area contributed by atoms with Gasteiger partial charge in [0.15, 0.2) is 5.13 Å². The summed E-state index contributed by atoms with van der Waals surface area (Å²) < 4.78 is 0. The van der Waals surface area contributed by atoms with Gasteiger partial charge in [0.1, 0.15) is 5.82 Å². The van der Waals surface area contributed by atoms with E-state index in [4.69, 9.17) is 0 Å². The number of aromatic amines is 1. The van der Waals surface area contributed by atoms with Crippen LogP contribution in [0.15, 0.2) is 34.8 Å². The lowest BCUT2D eigenvalue weighted by Gasteiger charge is -2.18. The van der Waals surface area contributed by atoms with E-state index >= 15 is 0 Å². The molecule has 6 nitrogen and oxygen atoms in total. The normalized spacial score (nSPS) is 10.8. The van der Waals surface area contributed by atoms with E-state index in [1.165, 1.54) is 28.7 Å². The molecule has 8 heteroatoms.